The molecule has 1 N–H and O–H groups in total. The number of benzene rings is 3. The summed E-state index contributed by atoms with van der Waals surface area (Å²) < 4.78 is 44.2. The topological polar surface area (TPSA) is 73.9 Å². The van der Waals surface area contributed by atoms with Crippen LogP contribution in [-0.2, 0) is 19.7 Å². The fraction of sp³-hybridized carbons (Fsp3) is 0.250. The SMILES string of the molecule is CCOC(=O)C1(c2ccc(-c3ccc(-c4sc(Cl)cc4NC(=O)O[C@H](C)c4ccc(F)cc4F)cc3OC)cc2)CC1. The summed E-state index contributed by atoms with van der Waals surface area (Å²) in [6, 6.07) is 18.2. The van der Waals surface area contributed by atoms with Crippen molar-refractivity contribution in [1.29, 1.82) is 0 Å². The van der Waals surface area contributed by atoms with Crippen LogP contribution < -0.4 is 10.1 Å². The molecule has 0 spiro atoms. The van der Waals surface area contributed by atoms with Gasteiger partial charge in [0, 0.05) is 17.2 Å². The third kappa shape index (κ3) is 5.98. The quantitative estimate of drug-likeness (QED) is 0.191. The van der Waals surface area contributed by atoms with Gasteiger partial charge in [-0.1, -0.05) is 48.0 Å². The van der Waals surface area contributed by atoms with E-state index in [1.54, 1.807) is 20.1 Å². The number of carbonyl (C=O) groups excluding carboxylic acids is 2. The highest BCUT2D eigenvalue weighted by atomic mass is 35.5. The fourth-order valence-corrected chi connectivity index (χ4v) is 6.08. The van der Waals surface area contributed by atoms with Crippen LogP contribution in [0.1, 0.15) is 43.9 Å². The van der Waals surface area contributed by atoms with Crippen LogP contribution in [0, 0.1) is 11.6 Å². The Morgan fingerprint density at radius 3 is 2.38 bits per heavy atom. The van der Waals surface area contributed by atoms with Crippen molar-refractivity contribution < 1.29 is 32.6 Å². The van der Waals surface area contributed by atoms with Gasteiger partial charge in [-0.25, -0.2) is 13.6 Å². The van der Waals surface area contributed by atoms with Gasteiger partial charge in [0.2, 0.25) is 0 Å². The highest BCUT2D eigenvalue weighted by Crippen LogP contribution is 2.50. The van der Waals surface area contributed by atoms with Gasteiger partial charge in [-0.15, -0.1) is 11.3 Å². The monoisotopic (exact) mass is 611 g/mol. The summed E-state index contributed by atoms with van der Waals surface area (Å²) in [6.07, 6.45) is -0.222. The van der Waals surface area contributed by atoms with Crippen LogP contribution in [0.2, 0.25) is 4.34 Å². The van der Waals surface area contributed by atoms with E-state index in [2.05, 4.69) is 5.32 Å². The number of halogens is 3. The average molecular weight is 612 g/mol. The van der Waals surface area contributed by atoms with Crippen molar-refractivity contribution in [3.05, 3.63) is 93.8 Å². The Morgan fingerprint density at radius 2 is 1.74 bits per heavy atom. The Kier molecular flexibility index (Phi) is 8.52. The van der Waals surface area contributed by atoms with Crippen LogP contribution in [0.15, 0.2) is 66.7 Å². The molecule has 42 heavy (non-hydrogen) atoms. The van der Waals surface area contributed by atoms with Crippen molar-refractivity contribution in [1.82, 2.24) is 0 Å². The number of amides is 1. The van der Waals surface area contributed by atoms with Crippen LogP contribution in [0.25, 0.3) is 21.6 Å². The second-order valence-corrected chi connectivity index (χ2v) is 11.6. The summed E-state index contributed by atoms with van der Waals surface area (Å²) in [5.41, 5.74) is 3.36. The molecular formula is C32H28ClF2NO5S. The number of nitrogens with one attached hydrogen (secondary N) is 1. The molecule has 5 rings (SSSR count). The lowest BCUT2D eigenvalue weighted by atomic mass is 9.93. The summed E-state index contributed by atoms with van der Waals surface area (Å²) >= 11 is 7.57. The maximum atomic E-state index is 14.1. The van der Waals surface area contributed by atoms with Gasteiger partial charge in [-0.05, 0) is 67.6 Å². The molecule has 0 bridgehead atoms. The Morgan fingerprint density at radius 1 is 1.02 bits per heavy atom. The lowest BCUT2D eigenvalue weighted by Gasteiger charge is -2.16. The Balaban J connectivity index is 1.35. The van der Waals surface area contributed by atoms with Crippen molar-refractivity contribution in [3.8, 4) is 27.3 Å². The zero-order valence-corrected chi connectivity index (χ0v) is 24.7. The molecule has 218 valence electrons. The number of esters is 1. The first kappa shape index (κ1) is 29.5. The van der Waals surface area contributed by atoms with Crippen LogP contribution in [-0.4, -0.2) is 25.8 Å². The van der Waals surface area contributed by atoms with Gasteiger partial charge in [0.05, 0.1) is 34.0 Å². The third-order valence-electron chi connectivity index (χ3n) is 7.25. The summed E-state index contributed by atoms with van der Waals surface area (Å²) in [7, 11) is 1.57. The van der Waals surface area contributed by atoms with Crippen LogP contribution in [0.3, 0.4) is 0 Å². The van der Waals surface area contributed by atoms with E-state index in [0.29, 0.717) is 27.3 Å². The normalized spacial score (nSPS) is 14.1. The first-order valence-electron chi connectivity index (χ1n) is 13.3. The molecule has 1 aliphatic carbocycles. The van der Waals surface area contributed by atoms with E-state index in [1.165, 1.54) is 24.3 Å². The largest absolute Gasteiger partial charge is 0.496 e. The number of methoxy groups -OCH3 is 1. The van der Waals surface area contributed by atoms with Crippen molar-refractivity contribution in [2.24, 2.45) is 0 Å². The van der Waals surface area contributed by atoms with Crippen LogP contribution in [0.5, 0.6) is 5.75 Å². The molecule has 4 aromatic rings. The maximum absolute atomic E-state index is 14.1. The lowest BCUT2D eigenvalue weighted by molar-refractivity contribution is -0.146. The van der Waals surface area contributed by atoms with Crippen molar-refractivity contribution >= 4 is 40.7 Å². The van der Waals surface area contributed by atoms with Crippen LogP contribution >= 0.6 is 22.9 Å². The van der Waals surface area contributed by atoms with Gasteiger partial charge in [0.1, 0.15) is 23.5 Å². The number of rotatable bonds is 9. The van der Waals surface area contributed by atoms with Crippen molar-refractivity contribution in [2.45, 2.75) is 38.2 Å². The first-order valence-corrected chi connectivity index (χ1v) is 14.5. The predicted molar refractivity (Wildman–Crippen MR) is 159 cm³/mol. The van der Waals surface area contributed by atoms with Gasteiger partial charge in [-0.2, -0.15) is 0 Å². The number of carbonyl (C=O) groups is 2. The van der Waals surface area contributed by atoms with E-state index in [1.807, 2.05) is 42.5 Å². The van der Waals surface area contributed by atoms with E-state index >= 15 is 0 Å². The molecule has 0 saturated heterocycles. The van der Waals surface area contributed by atoms with E-state index in [4.69, 9.17) is 25.8 Å². The van der Waals surface area contributed by atoms with E-state index in [0.717, 1.165) is 47.2 Å². The number of hydrogen-bond donors (Lipinski definition) is 1. The zero-order valence-electron chi connectivity index (χ0n) is 23.1. The molecule has 1 aliphatic rings. The fourth-order valence-electron chi connectivity index (χ4n) is 4.91. The van der Waals surface area contributed by atoms with Crippen molar-refractivity contribution in [2.75, 3.05) is 19.0 Å². The molecule has 1 atom stereocenters. The second-order valence-electron chi connectivity index (χ2n) is 9.93. The van der Waals surface area contributed by atoms with Crippen molar-refractivity contribution in [3.63, 3.8) is 0 Å². The molecule has 1 saturated carbocycles. The first-order chi connectivity index (χ1) is 20.1. The number of ether oxygens (including phenoxy) is 3. The molecule has 3 aromatic carbocycles. The number of thiophene rings is 1. The highest BCUT2D eigenvalue weighted by Gasteiger charge is 2.52. The summed E-state index contributed by atoms with van der Waals surface area (Å²) in [4.78, 5) is 25.8. The average Bonchev–Trinajstić information content (AvgIpc) is 3.70. The maximum Gasteiger partial charge on any atom is 0.412 e. The summed E-state index contributed by atoms with van der Waals surface area (Å²) in [5.74, 6) is -1.10. The van der Waals surface area contributed by atoms with Gasteiger partial charge in [0.15, 0.2) is 0 Å². The second kappa shape index (κ2) is 12.1. The predicted octanol–water partition coefficient (Wildman–Crippen LogP) is 8.93. The van der Waals surface area contributed by atoms with E-state index in [-0.39, 0.29) is 11.5 Å². The molecule has 6 nitrogen and oxygen atoms in total. The zero-order chi connectivity index (χ0) is 30.0. The Bertz CT molecular complexity index is 1630. The molecule has 1 amide bonds. The minimum Gasteiger partial charge on any atom is -0.496 e. The molecule has 1 fully saturated rings. The minimum absolute atomic E-state index is 0.0525. The molecule has 10 heteroatoms. The van der Waals surface area contributed by atoms with Gasteiger partial charge in [-0.3, -0.25) is 10.1 Å². The molecule has 1 heterocycles. The molecule has 0 aliphatic heterocycles. The molecule has 0 radical (unpaired) electrons. The number of anilines is 1. The van der Waals surface area contributed by atoms with Gasteiger partial charge in [0.25, 0.3) is 0 Å². The highest BCUT2D eigenvalue weighted by molar-refractivity contribution is 7.20. The lowest BCUT2D eigenvalue weighted by Crippen LogP contribution is -2.23. The van der Waals surface area contributed by atoms with E-state index in [9.17, 15) is 18.4 Å². The van der Waals surface area contributed by atoms with Gasteiger partial charge >= 0.3 is 12.1 Å². The smallest absolute Gasteiger partial charge is 0.412 e. The minimum atomic E-state index is -0.957. The Labute approximate surface area is 251 Å². The van der Waals surface area contributed by atoms with E-state index < -0.39 is 29.2 Å². The summed E-state index contributed by atoms with van der Waals surface area (Å²) in [6.45, 7) is 3.65. The molecule has 0 unspecified atom stereocenters. The number of hydrogen-bond acceptors (Lipinski definition) is 6. The molecular weight excluding hydrogens is 584 g/mol. The third-order valence-corrected chi connectivity index (χ3v) is 8.56. The standard InChI is InChI=1S/C32H28ClF2NO5S/c1-4-40-30(37)32(13-14-32)21-8-5-19(6-9-21)24-11-7-20(15-27(24)39-3)29-26(17-28(33)42-29)36-31(38)41-18(2)23-12-10-22(34)16-25(23)35/h5-12,15-18H,4,13-14H2,1-3H3,(H,36,38)/t18-/m1/s1. The Hall–Kier alpha value is -3.95. The molecule has 1 aromatic heterocycles. The summed E-state index contributed by atoms with van der Waals surface area (Å²) in [5, 5.41) is 2.68. The van der Waals surface area contributed by atoms with Crippen LogP contribution in [0.4, 0.5) is 19.3 Å². The van der Waals surface area contributed by atoms with Gasteiger partial charge < -0.3 is 14.2 Å².